The molecule has 20 heavy (non-hydrogen) atoms. The Morgan fingerprint density at radius 3 is 2.50 bits per heavy atom. The number of carbonyl (C=O) groups is 2. The third kappa shape index (κ3) is 5.60. The molecule has 0 aliphatic heterocycles. The van der Waals surface area contributed by atoms with Gasteiger partial charge < -0.3 is 14.9 Å². The molecule has 0 atom stereocenters. The summed E-state index contributed by atoms with van der Waals surface area (Å²) in [5, 5.41) is 20.7. The van der Waals surface area contributed by atoms with Crippen molar-refractivity contribution in [1.82, 2.24) is 0 Å². The Morgan fingerprint density at radius 1 is 1.30 bits per heavy atom. The van der Waals surface area contributed by atoms with Crippen molar-refractivity contribution in [2.45, 2.75) is 39.2 Å². The van der Waals surface area contributed by atoms with E-state index in [1.165, 1.54) is 12.1 Å². The number of rotatable bonds is 4. The maximum Gasteiger partial charge on any atom is 0.412 e. The maximum absolute atomic E-state index is 11.6. The van der Waals surface area contributed by atoms with Gasteiger partial charge in [-0.25, -0.2) is 4.79 Å². The second-order valence-electron chi connectivity index (χ2n) is 5.37. The molecule has 1 aromatic carbocycles. The second kappa shape index (κ2) is 6.27. The van der Waals surface area contributed by atoms with Crippen molar-refractivity contribution >= 4 is 17.7 Å². The number of carboxylic acids is 1. The minimum absolute atomic E-state index is 0.0172. The number of carbonyl (C=O) groups excluding carboxylic acids is 1. The first-order valence-corrected chi connectivity index (χ1v) is 6.21. The van der Waals surface area contributed by atoms with Crippen LogP contribution in [-0.2, 0) is 16.0 Å². The standard InChI is InChI=1S/C14H19NO5/c1-14(2,3)20-13(19)15-10-8-9(4-6-11(10)16)5-7-12(17)18/h4,6,8,16H,5,7H2,1-3H3,(H,15,19)(H,17,18). The van der Waals surface area contributed by atoms with Crippen molar-refractivity contribution in [2.75, 3.05) is 5.32 Å². The van der Waals surface area contributed by atoms with Crippen LogP contribution in [0.4, 0.5) is 10.5 Å². The van der Waals surface area contributed by atoms with E-state index >= 15 is 0 Å². The first-order valence-electron chi connectivity index (χ1n) is 6.21. The molecule has 1 amide bonds. The molecule has 0 saturated heterocycles. The van der Waals surface area contributed by atoms with Gasteiger partial charge in [-0.2, -0.15) is 0 Å². The van der Waals surface area contributed by atoms with E-state index in [4.69, 9.17) is 9.84 Å². The molecule has 0 fully saturated rings. The summed E-state index contributed by atoms with van der Waals surface area (Å²) in [4.78, 5) is 22.1. The minimum atomic E-state index is -0.903. The van der Waals surface area contributed by atoms with Crippen LogP contribution in [0.3, 0.4) is 0 Å². The molecular weight excluding hydrogens is 262 g/mol. The van der Waals surface area contributed by atoms with Crippen LogP contribution in [0.1, 0.15) is 32.8 Å². The van der Waals surface area contributed by atoms with Crippen molar-refractivity contribution in [3.05, 3.63) is 23.8 Å². The number of benzene rings is 1. The number of phenolic OH excluding ortho intramolecular Hbond substituents is 1. The monoisotopic (exact) mass is 281 g/mol. The van der Waals surface area contributed by atoms with Gasteiger partial charge in [0.05, 0.1) is 5.69 Å². The molecule has 1 rings (SSSR count). The summed E-state index contributed by atoms with van der Waals surface area (Å²) in [6.45, 7) is 5.20. The molecule has 0 unspecified atom stereocenters. The van der Waals surface area contributed by atoms with Gasteiger partial charge in [0.25, 0.3) is 0 Å². The molecular formula is C14H19NO5. The lowest BCUT2D eigenvalue weighted by molar-refractivity contribution is -0.136. The van der Waals surface area contributed by atoms with Crippen molar-refractivity contribution in [1.29, 1.82) is 0 Å². The van der Waals surface area contributed by atoms with Gasteiger partial charge >= 0.3 is 12.1 Å². The Bertz CT molecular complexity index is 505. The number of hydrogen-bond acceptors (Lipinski definition) is 4. The number of amides is 1. The van der Waals surface area contributed by atoms with Gasteiger partial charge in [0.1, 0.15) is 11.4 Å². The number of carboxylic acid groups (broad SMARTS) is 1. The maximum atomic E-state index is 11.6. The van der Waals surface area contributed by atoms with E-state index in [0.717, 1.165) is 0 Å². The van der Waals surface area contributed by atoms with Gasteiger partial charge in [0, 0.05) is 6.42 Å². The molecule has 6 nitrogen and oxygen atoms in total. The molecule has 0 spiro atoms. The smallest absolute Gasteiger partial charge is 0.412 e. The molecule has 1 aromatic rings. The van der Waals surface area contributed by atoms with Crippen LogP contribution >= 0.6 is 0 Å². The number of aryl methyl sites for hydroxylation is 1. The van der Waals surface area contributed by atoms with E-state index in [2.05, 4.69) is 5.32 Å². The van der Waals surface area contributed by atoms with Gasteiger partial charge in [-0.1, -0.05) is 6.07 Å². The van der Waals surface area contributed by atoms with Gasteiger partial charge in [-0.15, -0.1) is 0 Å². The summed E-state index contributed by atoms with van der Waals surface area (Å²) in [6.07, 6.45) is -0.377. The Labute approximate surface area is 117 Å². The average molecular weight is 281 g/mol. The lowest BCUT2D eigenvalue weighted by Gasteiger charge is -2.20. The number of phenols is 1. The fraction of sp³-hybridized carbons (Fsp3) is 0.429. The molecule has 3 N–H and O–H groups in total. The SMILES string of the molecule is CC(C)(C)OC(=O)Nc1cc(CCC(=O)O)ccc1O. The number of ether oxygens (including phenoxy) is 1. The molecule has 110 valence electrons. The van der Waals surface area contributed by atoms with E-state index in [9.17, 15) is 14.7 Å². The fourth-order valence-corrected chi connectivity index (χ4v) is 1.50. The predicted molar refractivity (Wildman–Crippen MR) is 73.9 cm³/mol. The Balaban J connectivity index is 2.76. The van der Waals surface area contributed by atoms with Gasteiger partial charge in [0.2, 0.25) is 0 Å². The third-order valence-corrected chi connectivity index (χ3v) is 2.32. The highest BCUT2D eigenvalue weighted by Gasteiger charge is 2.17. The molecule has 0 aliphatic carbocycles. The first-order chi connectivity index (χ1) is 9.17. The van der Waals surface area contributed by atoms with E-state index in [1.54, 1.807) is 26.8 Å². The van der Waals surface area contributed by atoms with Gasteiger partial charge in [0.15, 0.2) is 0 Å². The fourth-order valence-electron chi connectivity index (χ4n) is 1.50. The van der Waals surface area contributed by atoms with E-state index < -0.39 is 17.7 Å². The lowest BCUT2D eigenvalue weighted by Crippen LogP contribution is -2.27. The summed E-state index contributed by atoms with van der Waals surface area (Å²) in [7, 11) is 0. The van der Waals surface area contributed by atoms with Crippen LogP contribution in [0.5, 0.6) is 5.75 Å². The van der Waals surface area contributed by atoms with E-state index in [1.807, 2.05) is 0 Å². The lowest BCUT2D eigenvalue weighted by atomic mass is 10.1. The van der Waals surface area contributed by atoms with Crippen molar-refractivity contribution in [3.8, 4) is 5.75 Å². The largest absolute Gasteiger partial charge is 0.506 e. The Hall–Kier alpha value is -2.24. The number of aromatic hydroxyl groups is 1. The molecule has 0 bridgehead atoms. The van der Waals surface area contributed by atoms with Crippen molar-refractivity contribution < 1.29 is 24.5 Å². The van der Waals surface area contributed by atoms with Crippen molar-refractivity contribution in [3.63, 3.8) is 0 Å². The number of nitrogens with one attached hydrogen (secondary N) is 1. The highest BCUT2D eigenvalue weighted by molar-refractivity contribution is 5.87. The molecule has 0 saturated carbocycles. The topological polar surface area (TPSA) is 95.9 Å². The van der Waals surface area contributed by atoms with Crippen LogP contribution in [0, 0.1) is 0 Å². The zero-order valence-electron chi connectivity index (χ0n) is 11.8. The number of anilines is 1. The molecule has 0 radical (unpaired) electrons. The molecule has 0 aliphatic rings. The second-order valence-corrected chi connectivity index (χ2v) is 5.37. The zero-order valence-corrected chi connectivity index (χ0v) is 11.8. The van der Waals surface area contributed by atoms with Gasteiger partial charge in [-0.05, 0) is 44.9 Å². The highest BCUT2D eigenvalue weighted by Crippen LogP contribution is 2.25. The van der Waals surface area contributed by atoms with E-state index in [0.29, 0.717) is 12.0 Å². The van der Waals surface area contributed by atoms with Crippen LogP contribution in [-0.4, -0.2) is 27.9 Å². The molecule has 0 heterocycles. The van der Waals surface area contributed by atoms with Gasteiger partial charge in [-0.3, -0.25) is 10.1 Å². The van der Waals surface area contributed by atoms with Crippen LogP contribution < -0.4 is 5.32 Å². The third-order valence-electron chi connectivity index (χ3n) is 2.32. The van der Waals surface area contributed by atoms with Crippen LogP contribution in [0.25, 0.3) is 0 Å². The quantitative estimate of drug-likeness (QED) is 0.737. The molecule has 0 aromatic heterocycles. The summed E-state index contributed by atoms with van der Waals surface area (Å²) >= 11 is 0. The average Bonchev–Trinajstić information content (AvgIpc) is 2.27. The summed E-state index contributed by atoms with van der Waals surface area (Å²) in [5.41, 5.74) is 0.263. The molecule has 6 heteroatoms. The van der Waals surface area contributed by atoms with Crippen LogP contribution in [0.2, 0.25) is 0 Å². The summed E-state index contributed by atoms with van der Waals surface area (Å²) in [6, 6.07) is 4.55. The highest BCUT2D eigenvalue weighted by atomic mass is 16.6. The summed E-state index contributed by atoms with van der Waals surface area (Å²) < 4.78 is 5.08. The Kier molecular flexibility index (Phi) is 4.96. The first kappa shape index (κ1) is 15.8. The van der Waals surface area contributed by atoms with Crippen LogP contribution in [0.15, 0.2) is 18.2 Å². The predicted octanol–water partition coefficient (Wildman–Crippen LogP) is 2.76. The Morgan fingerprint density at radius 2 is 1.95 bits per heavy atom. The summed E-state index contributed by atoms with van der Waals surface area (Å²) in [5.74, 6) is -1.00. The number of hydrogen-bond donors (Lipinski definition) is 3. The minimum Gasteiger partial charge on any atom is -0.506 e. The van der Waals surface area contributed by atoms with Crippen molar-refractivity contribution in [2.24, 2.45) is 0 Å². The van der Waals surface area contributed by atoms with E-state index in [-0.39, 0.29) is 17.9 Å². The normalized spacial score (nSPS) is 10.9. The number of aliphatic carboxylic acids is 1. The zero-order chi connectivity index (χ0) is 15.3.